The second-order valence-electron chi connectivity index (χ2n) is 5.75. The number of aryl methyl sites for hydroxylation is 1. The number of hydrogen-bond donors (Lipinski definition) is 1. The van der Waals surface area contributed by atoms with Gasteiger partial charge in [0.2, 0.25) is 0 Å². The Balaban J connectivity index is 1.65. The van der Waals surface area contributed by atoms with Crippen LogP contribution in [0.25, 0.3) is 11.0 Å². The third-order valence-corrected chi connectivity index (χ3v) is 4.32. The molecular formula is C19H15NO3. The van der Waals surface area contributed by atoms with Crippen LogP contribution in [0.1, 0.15) is 33.9 Å². The van der Waals surface area contributed by atoms with Crippen LogP contribution in [0.2, 0.25) is 0 Å². The summed E-state index contributed by atoms with van der Waals surface area (Å²) in [6, 6.07) is 16.8. The molecule has 0 bridgehead atoms. The average molecular weight is 305 g/mol. The first-order chi connectivity index (χ1) is 11.2. The minimum absolute atomic E-state index is 0.0491. The monoisotopic (exact) mass is 305 g/mol. The lowest BCUT2D eigenvalue weighted by atomic mass is 10.1. The molecule has 1 N–H and O–H groups in total. The summed E-state index contributed by atoms with van der Waals surface area (Å²) in [5.74, 6) is -0.383. The summed E-state index contributed by atoms with van der Waals surface area (Å²) in [5.41, 5.74) is 2.31. The smallest absolute Gasteiger partial charge is 0.349 e. The molecule has 3 aromatic rings. The minimum atomic E-state index is -0.604. The van der Waals surface area contributed by atoms with Crippen molar-refractivity contribution in [3.05, 3.63) is 81.7 Å². The summed E-state index contributed by atoms with van der Waals surface area (Å²) in [7, 11) is 0. The van der Waals surface area contributed by atoms with E-state index in [9.17, 15) is 9.59 Å². The van der Waals surface area contributed by atoms with Crippen molar-refractivity contribution >= 4 is 16.9 Å². The van der Waals surface area contributed by atoms with E-state index in [4.69, 9.17) is 4.42 Å². The van der Waals surface area contributed by atoms with Crippen molar-refractivity contribution in [3.63, 3.8) is 0 Å². The van der Waals surface area contributed by atoms with Crippen molar-refractivity contribution in [3.8, 4) is 0 Å². The largest absolute Gasteiger partial charge is 0.422 e. The van der Waals surface area contributed by atoms with Crippen molar-refractivity contribution in [1.82, 2.24) is 5.32 Å². The van der Waals surface area contributed by atoms with Gasteiger partial charge in [-0.05, 0) is 36.1 Å². The van der Waals surface area contributed by atoms with Gasteiger partial charge in [0.15, 0.2) is 0 Å². The molecule has 0 unspecified atom stereocenters. The Morgan fingerprint density at radius 3 is 2.78 bits per heavy atom. The van der Waals surface area contributed by atoms with Gasteiger partial charge in [-0.15, -0.1) is 0 Å². The number of para-hydroxylation sites is 1. The fourth-order valence-electron chi connectivity index (χ4n) is 3.16. The molecule has 1 amide bonds. The van der Waals surface area contributed by atoms with Crippen molar-refractivity contribution in [2.75, 3.05) is 0 Å². The molecule has 114 valence electrons. The third-order valence-electron chi connectivity index (χ3n) is 4.32. The zero-order valence-electron chi connectivity index (χ0n) is 12.4. The molecule has 1 heterocycles. The average Bonchev–Trinajstić information content (AvgIpc) is 2.97. The maximum atomic E-state index is 12.5. The standard InChI is InChI=1S/C19H15NO3/c21-18(20-16-10-9-12-5-1-3-7-14(12)16)15-11-13-6-2-4-8-17(13)23-19(15)22/h1-8,11,16H,9-10H2,(H,20,21)/t16-/m1/s1. The number of hydrogen-bond acceptors (Lipinski definition) is 3. The molecule has 1 aromatic heterocycles. The first-order valence-corrected chi connectivity index (χ1v) is 7.64. The summed E-state index contributed by atoms with van der Waals surface area (Å²) < 4.78 is 5.23. The first-order valence-electron chi connectivity index (χ1n) is 7.64. The highest BCUT2D eigenvalue weighted by Crippen LogP contribution is 2.30. The number of nitrogens with one attached hydrogen (secondary N) is 1. The lowest BCUT2D eigenvalue weighted by molar-refractivity contribution is 0.0933. The predicted octanol–water partition coefficient (Wildman–Crippen LogP) is 3.21. The molecule has 1 aliphatic carbocycles. The maximum absolute atomic E-state index is 12.5. The molecule has 4 heteroatoms. The quantitative estimate of drug-likeness (QED) is 0.740. The van der Waals surface area contributed by atoms with Crippen LogP contribution in [0.5, 0.6) is 0 Å². The van der Waals surface area contributed by atoms with E-state index in [0.29, 0.717) is 5.58 Å². The molecule has 0 saturated carbocycles. The van der Waals surface area contributed by atoms with Gasteiger partial charge in [0.05, 0.1) is 6.04 Å². The fourth-order valence-corrected chi connectivity index (χ4v) is 3.16. The van der Waals surface area contributed by atoms with Gasteiger partial charge in [0, 0.05) is 5.39 Å². The third kappa shape index (κ3) is 2.42. The van der Waals surface area contributed by atoms with E-state index < -0.39 is 5.63 Å². The molecule has 23 heavy (non-hydrogen) atoms. The molecule has 0 spiro atoms. The summed E-state index contributed by atoms with van der Waals surface area (Å²) in [6.07, 6.45) is 1.79. The van der Waals surface area contributed by atoms with Crippen molar-refractivity contribution in [2.45, 2.75) is 18.9 Å². The zero-order valence-corrected chi connectivity index (χ0v) is 12.4. The Morgan fingerprint density at radius 2 is 1.87 bits per heavy atom. The van der Waals surface area contributed by atoms with E-state index in [-0.39, 0.29) is 17.5 Å². The van der Waals surface area contributed by atoms with E-state index in [0.717, 1.165) is 23.8 Å². The van der Waals surface area contributed by atoms with Crippen molar-refractivity contribution < 1.29 is 9.21 Å². The van der Waals surface area contributed by atoms with Crippen LogP contribution < -0.4 is 10.9 Å². The summed E-state index contributed by atoms with van der Waals surface area (Å²) >= 11 is 0. The topological polar surface area (TPSA) is 59.3 Å². The van der Waals surface area contributed by atoms with Gasteiger partial charge in [0.1, 0.15) is 11.1 Å². The maximum Gasteiger partial charge on any atom is 0.349 e. The van der Waals surface area contributed by atoms with Gasteiger partial charge in [-0.3, -0.25) is 4.79 Å². The normalized spacial score (nSPS) is 16.3. The molecule has 0 saturated heterocycles. The molecule has 1 atom stereocenters. The van der Waals surface area contributed by atoms with Gasteiger partial charge in [-0.25, -0.2) is 4.79 Å². The van der Waals surface area contributed by atoms with Crippen LogP contribution in [0.4, 0.5) is 0 Å². The molecule has 4 nitrogen and oxygen atoms in total. The Morgan fingerprint density at radius 1 is 1.09 bits per heavy atom. The van der Waals surface area contributed by atoms with Gasteiger partial charge < -0.3 is 9.73 Å². The van der Waals surface area contributed by atoms with Crippen LogP contribution in [0, 0.1) is 0 Å². The van der Waals surface area contributed by atoms with Crippen molar-refractivity contribution in [2.24, 2.45) is 0 Å². The first kappa shape index (κ1) is 13.8. The van der Waals surface area contributed by atoms with E-state index in [1.54, 1.807) is 18.2 Å². The van der Waals surface area contributed by atoms with Gasteiger partial charge >= 0.3 is 5.63 Å². The zero-order chi connectivity index (χ0) is 15.8. The molecule has 4 rings (SSSR count). The number of amides is 1. The Bertz CT molecular complexity index is 958. The Labute approximate surface area is 132 Å². The number of rotatable bonds is 2. The van der Waals surface area contributed by atoms with Crippen LogP contribution in [-0.2, 0) is 6.42 Å². The van der Waals surface area contributed by atoms with E-state index in [2.05, 4.69) is 11.4 Å². The minimum Gasteiger partial charge on any atom is -0.422 e. The SMILES string of the molecule is O=C(N[C@@H]1CCc2ccccc21)c1cc2ccccc2oc1=O. The number of carbonyl (C=O) groups is 1. The number of fused-ring (bicyclic) bond motifs is 2. The summed E-state index contributed by atoms with van der Waals surface area (Å²) in [5, 5.41) is 3.70. The number of benzene rings is 2. The summed E-state index contributed by atoms with van der Waals surface area (Å²) in [4.78, 5) is 24.6. The molecule has 1 aliphatic rings. The summed E-state index contributed by atoms with van der Waals surface area (Å²) in [6.45, 7) is 0. The molecule has 2 aromatic carbocycles. The molecule has 0 aliphatic heterocycles. The van der Waals surface area contributed by atoms with E-state index in [1.807, 2.05) is 30.3 Å². The lowest BCUT2D eigenvalue weighted by Gasteiger charge is -2.13. The van der Waals surface area contributed by atoms with Crippen LogP contribution in [0.15, 0.2) is 63.8 Å². The highest BCUT2D eigenvalue weighted by molar-refractivity contribution is 5.96. The van der Waals surface area contributed by atoms with Crippen LogP contribution in [-0.4, -0.2) is 5.91 Å². The second kappa shape index (κ2) is 5.39. The van der Waals surface area contributed by atoms with E-state index in [1.165, 1.54) is 5.56 Å². The molecular weight excluding hydrogens is 290 g/mol. The lowest BCUT2D eigenvalue weighted by Crippen LogP contribution is -2.30. The Hall–Kier alpha value is -2.88. The van der Waals surface area contributed by atoms with E-state index >= 15 is 0 Å². The van der Waals surface area contributed by atoms with Gasteiger partial charge in [-0.2, -0.15) is 0 Å². The van der Waals surface area contributed by atoms with Gasteiger partial charge in [0.25, 0.3) is 5.91 Å². The van der Waals surface area contributed by atoms with Crippen molar-refractivity contribution in [1.29, 1.82) is 0 Å². The second-order valence-corrected chi connectivity index (χ2v) is 5.75. The predicted molar refractivity (Wildman–Crippen MR) is 87.5 cm³/mol. The fraction of sp³-hybridized carbons (Fsp3) is 0.158. The number of carbonyl (C=O) groups excluding carboxylic acids is 1. The van der Waals surface area contributed by atoms with Gasteiger partial charge in [-0.1, -0.05) is 42.5 Å². The van der Waals surface area contributed by atoms with Crippen LogP contribution in [0.3, 0.4) is 0 Å². The highest BCUT2D eigenvalue weighted by atomic mass is 16.4. The molecule has 0 radical (unpaired) electrons. The van der Waals surface area contributed by atoms with Crippen LogP contribution >= 0.6 is 0 Å². The Kier molecular flexibility index (Phi) is 3.23. The molecule has 0 fully saturated rings. The highest BCUT2D eigenvalue weighted by Gasteiger charge is 2.25.